The van der Waals surface area contributed by atoms with Gasteiger partial charge in [-0.3, -0.25) is 4.79 Å². The first kappa shape index (κ1) is 25.1. The predicted molar refractivity (Wildman–Crippen MR) is 119 cm³/mol. The Morgan fingerprint density at radius 3 is 2.52 bits per heavy atom. The van der Waals surface area contributed by atoms with E-state index in [0.29, 0.717) is 19.0 Å². The maximum Gasteiger partial charge on any atom is 0.434 e. The number of nitrogens with one attached hydrogen (secondary N) is 3. The van der Waals surface area contributed by atoms with Gasteiger partial charge in [0.05, 0.1) is 6.54 Å². The topological polar surface area (TPSA) is 78.4 Å². The van der Waals surface area contributed by atoms with Gasteiger partial charge in [-0.25, -0.2) is 9.98 Å². The van der Waals surface area contributed by atoms with Crippen molar-refractivity contribution in [2.75, 3.05) is 19.6 Å². The number of carbonyl (C=O) groups is 1. The molecule has 2 rings (SSSR count). The van der Waals surface area contributed by atoms with Crippen LogP contribution in [0.1, 0.15) is 23.2 Å². The average Bonchev–Trinajstić information content (AvgIpc) is 3.14. The summed E-state index contributed by atoms with van der Waals surface area (Å²) in [7, 11) is 0. The number of thiazole rings is 1. The van der Waals surface area contributed by atoms with Gasteiger partial charge in [0.1, 0.15) is 11.6 Å². The highest BCUT2D eigenvalue weighted by Gasteiger charge is 2.33. The molecule has 2 aromatic rings. The van der Waals surface area contributed by atoms with E-state index in [1.165, 1.54) is 0 Å². The molecule has 6 nitrogen and oxygen atoms in total. The number of guanidine groups is 1. The van der Waals surface area contributed by atoms with E-state index in [0.717, 1.165) is 28.7 Å². The van der Waals surface area contributed by atoms with Gasteiger partial charge in [-0.05, 0) is 18.9 Å². The van der Waals surface area contributed by atoms with Crippen molar-refractivity contribution in [2.45, 2.75) is 26.1 Å². The summed E-state index contributed by atoms with van der Waals surface area (Å²) >= 11 is 0.914. The Labute approximate surface area is 188 Å². The Morgan fingerprint density at radius 2 is 1.90 bits per heavy atom. The van der Waals surface area contributed by atoms with Crippen LogP contribution >= 0.6 is 35.3 Å². The predicted octanol–water partition coefficient (Wildman–Crippen LogP) is 3.19. The van der Waals surface area contributed by atoms with Crippen LogP contribution in [-0.4, -0.2) is 36.5 Å². The smallest absolute Gasteiger partial charge is 0.357 e. The minimum atomic E-state index is -4.45. The lowest BCUT2D eigenvalue weighted by molar-refractivity contribution is -0.140. The molecule has 0 unspecified atom stereocenters. The molecule has 3 N–H and O–H groups in total. The van der Waals surface area contributed by atoms with Gasteiger partial charge in [-0.15, -0.1) is 35.3 Å². The molecule has 1 aromatic carbocycles. The summed E-state index contributed by atoms with van der Waals surface area (Å²) in [5, 5.41) is 9.86. The van der Waals surface area contributed by atoms with Gasteiger partial charge in [0.25, 0.3) is 0 Å². The van der Waals surface area contributed by atoms with Crippen LogP contribution in [0.2, 0.25) is 0 Å². The molecule has 0 bridgehead atoms. The molecule has 11 heteroatoms. The number of aliphatic imine (C=N–C) groups is 1. The molecule has 0 aliphatic carbocycles. The summed E-state index contributed by atoms with van der Waals surface area (Å²) in [6.07, 6.45) is -3.73. The van der Waals surface area contributed by atoms with Gasteiger partial charge in [0, 0.05) is 18.5 Å². The number of aromatic nitrogens is 1. The summed E-state index contributed by atoms with van der Waals surface area (Å²) in [5.74, 6) is 0.103. The Morgan fingerprint density at radius 1 is 1.17 bits per heavy atom. The minimum Gasteiger partial charge on any atom is -0.357 e. The molecule has 0 saturated carbocycles. The molecule has 1 heterocycles. The molecule has 29 heavy (non-hydrogen) atoms. The number of hydrogen-bond donors (Lipinski definition) is 3. The summed E-state index contributed by atoms with van der Waals surface area (Å²) in [6.45, 7) is 2.90. The Balaban J connectivity index is 0.00000420. The molecule has 1 amide bonds. The van der Waals surface area contributed by atoms with Gasteiger partial charge < -0.3 is 16.0 Å². The minimum absolute atomic E-state index is 0. The fourth-order valence-corrected chi connectivity index (χ4v) is 2.96. The van der Waals surface area contributed by atoms with Crippen LogP contribution in [0.5, 0.6) is 0 Å². The van der Waals surface area contributed by atoms with E-state index in [9.17, 15) is 18.0 Å². The molecular weight excluding hydrogens is 518 g/mol. The average molecular weight is 541 g/mol. The second kappa shape index (κ2) is 12.6. The molecule has 0 aliphatic rings. The van der Waals surface area contributed by atoms with Crippen molar-refractivity contribution in [1.29, 1.82) is 0 Å². The van der Waals surface area contributed by atoms with E-state index in [1.807, 2.05) is 37.3 Å². The van der Waals surface area contributed by atoms with E-state index >= 15 is 0 Å². The fraction of sp³-hybridized carbons (Fsp3) is 0.389. The SMILES string of the molecule is CCNC(=NCC(=O)NCCc1ccccc1)NCc1nc(C(F)(F)F)cs1.I. The maximum absolute atomic E-state index is 12.6. The van der Waals surface area contributed by atoms with E-state index in [2.05, 4.69) is 25.9 Å². The monoisotopic (exact) mass is 541 g/mol. The molecule has 0 spiro atoms. The normalized spacial score (nSPS) is 11.5. The van der Waals surface area contributed by atoms with E-state index in [4.69, 9.17) is 0 Å². The Bertz CT molecular complexity index is 783. The van der Waals surface area contributed by atoms with Gasteiger partial charge in [0.2, 0.25) is 5.91 Å². The van der Waals surface area contributed by atoms with Crippen LogP contribution in [-0.2, 0) is 23.9 Å². The van der Waals surface area contributed by atoms with Crippen molar-refractivity contribution < 1.29 is 18.0 Å². The standard InChI is InChI=1S/C18H22F3N5OS.HI/c1-2-22-17(25-11-16-26-14(12-28-16)18(19,20)21)24-10-15(27)23-9-8-13-6-4-3-5-7-13;/h3-7,12H,2,8-11H2,1H3,(H,23,27)(H2,22,24,25);1H. The lowest BCUT2D eigenvalue weighted by Crippen LogP contribution is -2.38. The highest BCUT2D eigenvalue weighted by atomic mass is 127. The summed E-state index contributed by atoms with van der Waals surface area (Å²) in [4.78, 5) is 19.6. The molecule has 0 atom stereocenters. The van der Waals surface area contributed by atoms with E-state index in [1.54, 1.807) is 0 Å². The van der Waals surface area contributed by atoms with Crippen molar-refractivity contribution in [1.82, 2.24) is 20.9 Å². The Hall–Kier alpha value is -1.89. The third-order valence-corrected chi connectivity index (χ3v) is 4.40. The third-order valence-electron chi connectivity index (χ3n) is 3.55. The molecule has 0 fully saturated rings. The highest BCUT2D eigenvalue weighted by molar-refractivity contribution is 14.0. The number of amides is 1. The van der Waals surface area contributed by atoms with Crippen molar-refractivity contribution in [2.24, 2.45) is 4.99 Å². The largest absolute Gasteiger partial charge is 0.434 e. The first-order chi connectivity index (χ1) is 13.4. The molecular formula is C18H23F3IN5OS. The fourth-order valence-electron chi connectivity index (χ4n) is 2.22. The zero-order valence-corrected chi connectivity index (χ0v) is 18.9. The first-order valence-electron chi connectivity index (χ1n) is 8.73. The molecule has 0 aliphatic heterocycles. The van der Waals surface area contributed by atoms with Crippen LogP contribution in [0.3, 0.4) is 0 Å². The summed E-state index contributed by atoms with van der Waals surface area (Å²) < 4.78 is 37.8. The second-order valence-electron chi connectivity index (χ2n) is 5.76. The highest BCUT2D eigenvalue weighted by Crippen LogP contribution is 2.29. The van der Waals surface area contributed by atoms with Crippen LogP contribution in [0.25, 0.3) is 0 Å². The third kappa shape index (κ3) is 9.43. The van der Waals surface area contributed by atoms with Gasteiger partial charge in [-0.1, -0.05) is 30.3 Å². The summed E-state index contributed by atoms with van der Waals surface area (Å²) in [6, 6.07) is 9.79. The number of halogens is 4. The van der Waals surface area contributed by atoms with Gasteiger partial charge >= 0.3 is 6.18 Å². The van der Waals surface area contributed by atoms with Crippen molar-refractivity contribution in [3.8, 4) is 0 Å². The Kier molecular flexibility index (Phi) is 10.9. The van der Waals surface area contributed by atoms with Crippen LogP contribution in [0.15, 0.2) is 40.7 Å². The lowest BCUT2D eigenvalue weighted by Gasteiger charge is -2.10. The van der Waals surface area contributed by atoms with Gasteiger partial charge in [-0.2, -0.15) is 13.2 Å². The number of benzene rings is 1. The van der Waals surface area contributed by atoms with Crippen LogP contribution in [0.4, 0.5) is 13.2 Å². The quantitative estimate of drug-likeness (QED) is 0.273. The second-order valence-corrected chi connectivity index (χ2v) is 6.70. The van der Waals surface area contributed by atoms with Gasteiger partial charge in [0.15, 0.2) is 11.7 Å². The van der Waals surface area contributed by atoms with Crippen molar-refractivity contribution in [3.05, 3.63) is 52.0 Å². The molecule has 0 saturated heterocycles. The van der Waals surface area contributed by atoms with E-state index < -0.39 is 11.9 Å². The number of alkyl halides is 3. The first-order valence-corrected chi connectivity index (χ1v) is 9.61. The van der Waals surface area contributed by atoms with Crippen LogP contribution in [0, 0.1) is 0 Å². The molecule has 160 valence electrons. The zero-order valence-electron chi connectivity index (χ0n) is 15.8. The summed E-state index contributed by atoms with van der Waals surface area (Å²) in [5.41, 5.74) is 0.219. The maximum atomic E-state index is 12.6. The van der Waals surface area contributed by atoms with E-state index in [-0.39, 0.29) is 48.0 Å². The number of nitrogens with zero attached hydrogens (tertiary/aromatic N) is 2. The van der Waals surface area contributed by atoms with Crippen molar-refractivity contribution in [3.63, 3.8) is 0 Å². The lowest BCUT2D eigenvalue weighted by atomic mass is 10.1. The molecule has 1 aromatic heterocycles. The molecule has 0 radical (unpaired) electrons. The zero-order chi connectivity index (χ0) is 20.4. The number of rotatable bonds is 8. The number of carbonyl (C=O) groups excluding carboxylic acids is 1. The van der Waals surface area contributed by atoms with Crippen LogP contribution < -0.4 is 16.0 Å². The number of hydrogen-bond acceptors (Lipinski definition) is 4. The van der Waals surface area contributed by atoms with Crippen molar-refractivity contribution >= 4 is 47.2 Å².